The molecule has 1 amide bonds. The molecule has 5 nitrogen and oxygen atoms in total. The van der Waals surface area contributed by atoms with Crippen LogP contribution in [0.1, 0.15) is 27.9 Å². The molecule has 0 fully saturated rings. The maximum Gasteiger partial charge on any atom is 0.387 e. The quantitative estimate of drug-likeness (QED) is 0.750. The molecule has 0 radical (unpaired) electrons. The summed E-state index contributed by atoms with van der Waals surface area (Å²) in [5, 5.41) is 0. The first-order valence-corrected chi connectivity index (χ1v) is 8.54. The summed E-state index contributed by atoms with van der Waals surface area (Å²) in [6, 6.07) is 11.2. The minimum atomic E-state index is -2.88. The SMILES string of the molecule is COC(=O)c1cccc2c1CCCN2C(=O)Cc1ccc(OC(F)F)cc1. The van der Waals surface area contributed by atoms with Gasteiger partial charge in [0.1, 0.15) is 5.75 Å². The van der Waals surface area contributed by atoms with Crippen molar-refractivity contribution in [3.05, 3.63) is 59.2 Å². The van der Waals surface area contributed by atoms with Crippen molar-refractivity contribution in [3.63, 3.8) is 0 Å². The third-order valence-corrected chi connectivity index (χ3v) is 4.46. The Bertz CT molecular complexity index is 836. The molecule has 3 rings (SSSR count). The van der Waals surface area contributed by atoms with Gasteiger partial charge in [-0.2, -0.15) is 8.78 Å². The number of halogens is 2. The van der Waals surface area contributed by atoms with Crippen LogP contribution in [0.25, 0.3) is 0 Å². The number of nitrogens with zero attached hydrogens (tertiary/aromatic N) is 1. The van der Waals surface area contributed by atoms with Gasteiger partial charge in [0, 0.05) is 12.2 Å². The molecule has 0 saturated carbocycles. The van der Waals surface area contributed by atoms with Gasteiger partial charge >= 0.3 is 12.6 Å². The maximum absolute atomic E-state index is 12.8. The molecule has 27 heavy (non-hydrogen) atoms. The van der Waals surface area contributed by atoms with E-state index in [1.807, 2.05) is 6.07 Å². The van der Waals surface area contributed by atoms with Crippen LogP contribution in [0.15, 0.2) is 42.5 Å². The lowest BCUT2D eigenvalue weighted by Crippen LogP contribution is -2.37. The number of amides is 1. The van der Waals surface area contributed by atoms with Crippen molar-refractivity contribution in [1.29, 1.82) is 0 Å². The number of carbonyl (C=O) groups is 2. The molecule has 0 N–H and O–H groups in total. The fraction of sp³-hybridized carbons (Fsp3) is 0.300. The largest absolute Gasteiger partial charge is 0.465 e. The second kappa shape index (κ2) is 8.16. The number of hydrogen-bond donors (Lipinski definition) is 0. The molecule has 2 aromatic rings. The van der Waals surface area contributed by atoms with Crippen molar-refractivity contribution in [3.8, 4) is 5.75 Å². The van der Waals surface area contributed by atoms with Crippen LogP contribution in [0.5, 0.6) is 5.75 Å². The highest BCUT2D eigenvalue weighted by Crippen LogP contribution is 2.31. The third kappa shape index (κ3) is 4.24. The van der Waals surface area contributed by atoms with E-state index >= 15 is 0 Å². The fourth-order valence-corrected chi connectivity index (χ4v) is 3.24. The smallest absolute Gasteiger partial charge is 0.387 e. The number of esters is 1. The summed E-state index contributed by atoms with van der Waals surface area (Å²) in [4.78, 5) is 26.4. The Morgan fingerprint density at radius 2 is 1.89 bits per heavy atom. The van der Waals surface area contributed by atoms with Crippen LogP contribution < -0.4 is 9.64 Å². The van der Waals surface area contributed by atoms with Crippen LogP contribution in [0, 0.1) is 0 Å². The molecule has 0 aromatic heterocycles. The summed E-state index contributed by atoms with van der Waals surface area (Å²) in [5.41, 5.74) is 2.69. The Kier molecular flexibility index (Phi) is 5.69. The van der Waals surface area contributed by atoms with E-state index in [-0.39, 0.29) is 18.1 Å². The molecule has 1 heterocycles. The van der Waals surface area contributed by atoms with Gasteiger partial charge in [-0.3, -0.25) is 4.79 Å². The second-order valence-corrected chi connectivity index (χ2v) is 6.14. The van der Waals surface area contributed by atoms with Crippen LogP contribution in [0.2, 0.25) is 0 Å². The summed E-state index contributed by atoms with van der Waals surface area (Å²) in [6.45, 7) is -2.32. The van der Waals surface area contributed by atoms with Crippen molar-refractivity contribution < 1.29 is 27.8 Å². The molecular weight excluding hydrogens is 356 g/mol. The molecule has 7 heteroatoms. The number of alkyl halides is 2. The number of methoxy groups -OCH3 is 1. The third-order valence-electron chi connectivity index (χ3n) is 4.46. The topological polar surface area (TPSA) is 55.8 Å². The fourth-order valence-electron chi connectivity index (χ4n) is 3.24. The zero-order valence-corrected chi connectivity index (χ0v) is 14.8. The number of hydrogen-bond acceptors (Lipinski definition) is 4. The summed E-state index contributed by atoms with van der Waals surface area (Å²) in [5.74, 6) is -0.497. The van der Waals surface area contributed by atoms with Crippen molar-refractivity contribution in [2.45, 2.75) is 25.9 Å². The molecule has 0 aliphatic carbocycles. The Morgan fingerprint density at radius 3 is 2.56 bits per heavy atom. The Labute approximate surface area is 155 Å². The zero-order valence-electron chi connectivity index (χ0n) is 14.8. The first-order valence-electron chi connectivity index (χ1n) is 8.54. The van der Waals surface area contributed by atoms with E-state index in [1.54, 1.807) is 29.2 Å². The lowest BCUT2D eigenvalue weighted by molar-refractivity contribution is -0.118. The van der Waals surface area contributed by atoms with Crippen molar-refractivity contribution >= 4 is 17.6 Å². The minimum absolute atomic E-state index is 0.0484. The van der Waals surface area contributed by atoms with Gasteiger partial charge in [-0.15, -0.1) is 0 Å². The van der Waals surface area contributed by atoms with Crippen LogP contribution in [0.4, 0.5) is 14.5 Å². The van der Waals surface area contributed by atoms with Crippen LogP contribution in [-0.4, -0.2) is 32.1 Å². The molecular formula is C20H19F2NO4. The predicted octanol–water partition coefficient (Wildman–Crippen LogP) is 3.60. The molecule has 0 unspecified atom stereocenters. The van der Waals surface area contributed by atoms with Gasteiger partial charge in [0.05, 0.1) is 19.1 Å². The average molecular weight is 375 g/mol. The van der Waals surface area contributed by atoms with E-state index in [1.165, 1.54) is 19.2 Å². The average Bonchev–Trinajstić information content (AvgIpc) is 2.67. The Morgan fingerprint density at radius 1 is 1.15 bits per heavy atom. The number of fused-ring (bicyclic) bond motifs is 1. The molecule has 0 bridgehead atoms. The molecule has 2 aromatic carbocycles. The van der Waals surface area contributed by atoms with Gasteiger partial charge in [-0.1, -0.05) is 18.2 Å². The normalized spacial score (nSPS) is 13.3. The number of anilines is 1. The maximum atomic E-state index is 12.8. The van der Waals surface area contributed by atoms with Gasteiger partial charge in [0.15, 0.2) is 0 Å². The van der Waals surface area contributed by atoms with Gasteiger partial charge < -0.3 is 14.4 Å². The molecule has 1 aliphatic heterocycles. The standard InChI is InChI=1S/C20H19F2NO4/c1-26-19(25)16-4-2-6-17-15(16)5-3-11-23(17)18(24)12-13-7-9-14(10-8-13)27-20(21)22/h2,4,6-10,20H,3,5,11-12H2,1H3. The summed E-state index contributed by atoms with van der Waals surface area (Å²) in [7, 11) is 1.33. The Balaban J connectivity index is 1.78. The molecule has 142 valence electrons. The van der Waals surface area contributed by atoms with Crippen molar-refractivity contribution in [2.75, 3.05) is 18.6 Å². The van der Waals surface area contributed by atoms with Gasteiger partial charge in [0.25, 0.3) is 0 Å². The van der Waals surface area contributed by atoms with Crippen LogP contribution in [0.3, 0.4) is 0 Å². The number of rotatable bonds is 5. The van der Waals surface area contributed by atoms with E-state index in [0.717, 1.165) is 12.0 Å². The van der Waals surface area contributed by atoms with Crippen molar-refractivity contribution in [2.24, 2.45) is 0 Å². The summed E-state index contributed by atoms with van der Waals surface area (Å²) >= 11 is 0. The first-order chi connectivity index (χ1) is 13.0. The van der Waals surface area contributed by atoms with E-state index in [4.69, 9.17) is 4.74 Å². The lowest BCUT2D eigenvalue weighted by Gasteiger charge is -2.30. The summed E-state index contributed by atoms with van der Waals surface area (Å²) in [6.07, 6.45) is 1.56. The predicted molar refractivity (Wildman–Crippen MR) is 95.2 cm³/mol. The van der Waals surface area contributed by atoms with E-state index in [0.29, 0.717) is 29.8 Å². The number of ether oxygens (including phenoxy) is 2. The molecule has 0 atom stereocenters. The van der Waals surface area contributed by atoms with Gasteiger partial charge in [-0.25, -0.2) is 4.79 Å². The second-order valence-electron chi connectivity index (χ2n) is 6.14. The monoisotopic (exact) mass is 375 g/mol. The highest BCUT2D eigenvalue weighted by atomic mass is 19.3. The van der Waals surface area contributed by atoms with Crippen molar-refractivity contribution in [1.82, 2.24) is 0 Å². The van der Waals surface area contributed by atoms with Gasteiger partial charge in [-0.05, 0) is 48.2 Å². The Hall–Kier alpha value is -2.96. The van der Waals surface area contributed by atoms with Crippen LogP contribution >= 0.6 is 0 Å². The molecule has 0 saturated heterocycles. The van der Waals surface area contributed by atoms with E-state index < -0.39 is 12.6 Å². The van der Waals surface area contributed by atoms with Gasteiger partial charge in [0.2, 0.25) is 5.91 Å². The minimum Gasteiger partial charge on any atom is -0.465 e. The molecule has 1 aliphatic rings. The molecule has 0 spiro atoms. The lowest BCUT2D eigenvalue weighted by atomic mass is 9.95. The van der Waals surface area contributed by atoms with E-state index in [9.17, 15) is 18.4 Å². The zero-order chi connectivity index (χ0) is 19.4. The number of carbonyl (C=O) groups excluding carboxylic acids is 2. The first kappa shape index (κ1) is 18.8. The number of benzene rings is 2. The van der Waals surface area contributed by atoms with E-state index in [2.05, 4.69) is 4.74 Å². The highest BCUT2D eigenvalue weighted by molar-refractivity contribution is 5.99. The van der Waals surface area contributed by atoms with Crippen LogP contribution in [-0.2, 0) is 22.4 Å². The summed E-state index contributed by atoms with van der Waals surface area (Å²) < 4.78 is 33.6. The highest BCUT2D eigenvalue weighted by Gasteiger charge is 2.26.